The Balaban J connectivity index is 2.22. The van der Waals surface area contributed by atoms with Crippen LogP contribution in [0.4, 0.5) is 5.69 Å². The van der Waals surface area contributed by atoms with Crippen molar-refractivity contribution in [1.82, 2.24) is 14.7 Å². The predicted molar refractivity (Wildman–Crippen MR) is 80.8 cm³/mol. The third-order valence-corrected chi connectivity index (χ3v) is 4.03. The number of rotatable bonds is 4. The Morgan fingerprint density at radius 3 is 2.90 bits per heavy atom. The van der Waals surface area contributed by atoms with Gasteiger partial charge in [0, 0.05) is 13.5 Å². The average molecular weight is 355 g/mol. The summed E-state index contributed by atoms with van der Waals surface area (Å²) in [5.41, 5.74) is 0.119. The van der Waals surface area contributed by atoms with Crippen LogP contribution in [0.25, 0.3) is 0 Å². The fourth-order valence-corrected chi connectivity index (χ4v) is 2.48. The molecule has 0 saturated carbocycles. The first-order valence-electron chi connectivity index (χ1n) is 6.39. The van der Waals surface area contributed by atoms with Crippen LogP contribution in [0.1, 0.15) is 12.8 Å². The molecule has 0 bridgehead atoms. The van der Waals surface area contributed by atoms with Crippen LogP contribution in [0.5, 0.6) is 0 Å². The first kappa shape index (κ1) is 15.4. The van der Waals surface area contributed by atoms with E-state index in [1.54, 1.807) is 6.08 Å². The van der Waals surface area contributed by atoms with Gasteiger partial charge in [0.1, 0.15) is 10.5 Å². The maximum Gasteiger partial charge on any atom is 0.283 e. The van der Waals surface area contributed by atoms with Crippen LogP contribution in [0.3, 0.4) is 0 Å². The highest BCUT2D eigenvalue weighted by Gasteiger charge is 2.32. The molecule has 21 heavy (non-hydrogen) atoms. The molecule has 1 aromatic rings. The highest BCUT2D eigenvalue weighted by molar-refractivity contribution is 9.10. The molecule has 0 aliphatic carbocycles. The van der Waals surface area contributed by atoms with E-state index >= 15 is 0 Å². The van der Waals surface area contributed by atoms with Gasteiger partial charge in [-0.2, -0.15) is 5.10 Å². The van der Waals surface area contributed by atoms with E-state index in [-0.39, 0.29) is 17.4 Å². The van der Waals surface area contributed by atoms with Gasteiger partial charge in [-0.3, -0.25) is 19.3 Å². The van der Waals surface area contributed by atoms with Gasteiger partial charge in [0.2, 0.25) is 5.91 Å². The third kappa shape index (κ3) is 3.05. The van der Waals surface area contributed by atoms with Crippen molar-refractivity contribution in [3.05, 3.63) is 33.7 Å². The van der Waals surface area contributed by atoms with E-state index in [2.05, 4.69) is 32.9 Å². The van der Waals surface area contributed by atoms with E-state index in [9.17, 15) is 14.4 Å². The molecule has 1 fully saturated rings. The lowest BCUT2D eigenvalue weighted by Gasteiger charge is -2.28. The van der Waals surface area contributed by atoms with Crippen molar-refractivity contribution in [2.24, 2.45) is 0 Å². The van der Waals surface area contributed by atoms with Gasteiger partial charge in [0.15, 0.2) is 0 Å². The minimum atomic E-state index is -0.541. The molecule has 0 radical (unpaired) electrons. The van der Waals surface area contributed by atoms with Crippen molar-refractivity contribution in [2.75, 3.05) is 12.4 Å². The Morgan fingerprint density at radius 1 is 1.52 bits per heavy atom. The zero-order valence-electron chi connectivity index (χ0n) is 11.5. The van der Waals surface area contributed by atoms with E-state index in [1.165, 1.54) is 17.9 Å². The molecule has 1 saturated heterocycles. The number of allylic oxidation sites excluding steroid dienone is 1. The molecule has 1 atom stereocenters. The molecule has 1 aliphatic rings. The largest absolute Gasteiger partial charge is 0.371 e. The molecule has 0 spiro atoms. The summed E-state index contributed by atoms with van der Waals surface area (Å²) in [6.07, 6.45) is 3.72. The number of hydrogen-bond acceptors (Lipinski definition) is 5. The summed E-state index contributed by atoms with van der Waals surface area (Å²) in [7, 11) is 1.45. The van der Waals surface area contributed by atoms with Crippen LogP contribution < -0.4 is 10.9 Å². The van der Waals surface area contributed by atoms with Crippen LogP contribution in [0.15, 0.2) is 28.1 Å². The lowest BCUT2D eigenvalue weighted by atomic mass is 10.0. The number of likely N-dealkylation sites (N-methyl/N-ethyl adjacent to an activating group) is 1. The van der Waals surface area contributed by atoms with E-state index in [1.807, 2.05) is 0 Å². The van der Waals surface area contributed by atoms with Gasteiger partial charge >= 0.3 is 0 Å². The number of aromatic nitrogens is 2. The van der Waals surface area contributed by atoms with Gasteiger partial charge in [0.25, 0.3) is 11.5 Å². The van der Waals surface area contributed by atoms with Gasteiger partial charge in [0.05, 0.1) is 18.4 Å². The van der Waals surface area contributed by atoms with E-state index < -0.39 is 6.04 Å². The lowest BCUT2D eigenvalue weighted by molar-refractivity contribution is -0.146. The fraction of sp³-hybridized carbons (Fsp3) is 0.385. The summed E-state index contributed by atoms with van der Waals surface area (Å²) in [6.45, 7) is 3.86. The fourth-order valence-electron chi connectivity index (χ4n) is 2.06. The molecular formula is C13H15BrN4O3. The first-order chi connectivity index (χ1) is 9.95. The number of carbonyl (C=O) groups excluding carboxylic acids is 2. The molecule has 2 rings (SSSR count). The van der Waals surface area contributed by atoms with Crippen molar-refractivity contribution in [3.63, 3.8) is 0 Å². The Hall–Kier alpha value is -1.96. The first-order valence-corrected chi connectivity index (χ1v) is 7.18. The predicted octanol–water partition coefficient (Wildman–Crippen LogP) is 0.751. The van der Waals surface area contributed by atoms with E-state index in [0.717, 1.165) is 4.90 Å². The smallest absolute Gasteiger partial charge is 0.283 e. The van der Waals surface area contributed by atoms with Crippen LogP contribution in [-0.4, -0.2) is 39.6 Å². The summed E-state index contributed by atoms with van der Waals surface area (Å²) in [4.78, 5) is 36.6. The van der Waals surface area contributed by atoms with Crippen molar-refractivity contribution in [2.45, 2.75) is 25.4 Å². The number of likely N-dealkylation sites (tertiary alicyclic amines) is 1. The number of amides is 2. The number of nitrogens with zero attached hydrogens (tertiary/aromatic N) is 3. The second-order valence-electron chi connectivity index (χ2n) is 4.67. The number of carbonyl (C=O) groups is 2. The van der Waals surface area contributed by atoms with Crippen LogP contribution >= 0.6 is 15.9 Å². The summed E-state index contributed by atoms with van der Waals surface area (Å²) in [5, 5.41) is 6.97. The molecule has 2 heterocycles. The Labute approximate surface area is 129 Å². The Kier molecular flexibility index (Phi) is 4.56. The highest BCUT2D eigenvalue weighted by atomic mass is 79.9. The topological polar surface area (TPSA) is 84.3 Å². The highest BCUT2D eigenvalue weighted by Crippen LogP contribution is 2.21. The maximum atomic E-state index is 12.0. The van der Waals surface area contributed by atoms with Gasteiger partial charge in [-0.1, -0.05) is 6.08 Å². The number of anilines is 1. The molecule has 2 amide bonds. The van der Waals surface area contributed by atoms with Crippen LogP contribution in [0.2, 0.25) is 0 Å². The third-order valence-electron chi connectivity index (χ3n) is 3.27. The van der Waals surface area contributed by atoms with Crippen molar-refractivity contribution in [3.8, 4) is 0 Å². The van der Waals surface area contributed by atoms with Gasteiger partial charge < -0.3 is 5.32 Å². The zero-order chi connectivity index (χ0) is 15.6. The zero-order valence-corrected chi connectivity index (χ0v) is 13.1. The minimum absolute atomic E-state index is 0.198. The molecule has 1 aliphatic heterocycles. The number of piperidine rings is 1. The number of nitrogens with one attached hydrogen (secondary N) is 1. The summed E-state index contributed by atoms with van der Waals surface area (Å²) < 4.78 is 1.55. The molecule has 0 aromatic carbocycles. The van der Waals surface area contributed by atoms with Crippen LogP contribution in [-0.2, 0) is 16.1 Å². The average Bonchev–Trinajstić information content (AvgIpc) is 2.47. The van der Waals surface area contributed by atoms with E-state index in [4.69, 9.17) is 0 Å². The second-order valence-corrected chi connectivity index (χ2v) is 5.47. The Morgan fingerprint density at radius 2 is 2.24 bits per heavy atom. The molecule has 1 N–H and O–H groups in total. The standard InChI is InChI=1S/C13H15BrN4O3/c1-3-6-18-13(21)11(14)9(7-15-18)16-8-4-5-10(19)17(2)12(8)20/h3,7-8,16H,1,4-6H2,2H3. The van der Waals surface area contributed by atoms with Gasteiger partial charge in [-0.25, -0.2) is 4.68 Å². The molecule has 112 valence electrons. The number of halogens is 1. The molecule has 1 aromatic heterocycles. The van der Waals surface area contributed by atoms with Gasteiger partial charge in [-0.05, 0) is 22.4 Å². The van der Waals surface area contributed by atoms with Gasteiger partial charge in [-0.15, -0.1) is 6.58 Å². The normalized spacial score (nSPS) is 18.8. The summed E-state index contributed by atoms with van der Waals surface area (Å²) in [6, 6.07) is -0.541. The molecule has 8 heteroatoms. The monoisotopic (exact) mass is 354 g/mol. The van der Waals surface area contributed by atoms with Crippen molar-refractivity contribution < 1.29 is 9.59 Å². The Bertz CT molecular complexity index is 655. The maximum absolute atomic E-state index is 12.0. The van der Waals surface area contributed by atoms with Crippen LogP contribution in [0, 0.1) is 0 Å². The summed E-state index contributed by atoms with van der Waals surface area (Å²) in [5.74, 6) is -0.509. The minimum Gasteiger partial charge on any atom is -0.371 e. The number of imide groups is 1. The molecule has 7 nitrogen and oxygen atoms in total. The molecule has 1 unspecified atom stereocenters. The number of hydrogen-bond donors (Lipinski definition) is 1. The SMILES string of the molecule is C=CCn1ncc(NC2CCC(=O)N(C)C2=O)c(Br)c1=O. The second kappa shape index (κ2) is 6.21. The van der Waals surface area contributed by atoms with Crippen molar-refractivity contribution in [1.29, 1.82) is 0 Å². The van der Waals surface area contributed by atoms with E-state index in [0.29, 0.717) is 29.5 Å². The van der Waals surface area contributed by atoms with Crippen molar-refractivity contribution >= 4 is 33.4 Å². The quantitative estimate of drug-likeness (QED) is 0.637. The lowest BCUT2D eigenvalue weighted by Crippen LogP contribution is -2.48. The molecular weight excluding hydrogens is 340 g/mol. The summed E-state index contributed by atoms with van der Waals surface area (Å²) >= 11 is 3.21.